The molecule has 1 aliphatic heterocycles. The van der Waals surface area contributed by atoms with E-state index in [9.17, 15) is 13.2 Å². The fraction of sp³-hybridized carbons (Fsp3) is 0.318. The van der Waals surface area contributed by atoms with Crippen LogP contribution in [-0.4, -0.2) is 24.0 Å². The first-order chi connectivity index (χ1) is 13.3. The summed E-state index contributed by atoms with van der Waals surface area (Å²) < 4.78 is 43.9. The zero-order chi connectivity index (χ0) is 20.3. The Morgan fingerprint density at radius 1 is 1.11 bits per heavy atom. The molecule has 0 radical (unpaired) electrons. The van der Waals surface area contributed by atoms with Crippen LogP contribution >= 0.6 is 0 Å². The number of nitrogens with zero attached hydrogens (tertiary/aromatic N) is 2. The van der Waals surface area contributed by atoms with E-state index < -0.39 is 11.7 Å². The SMILES string of the molecule is CCN1CC(c2cccc(C(C)C)c2)=CC(Oc2ccc(C(F)(F)F)cc2)=N1. The summed E-state index contributed by atoms with van der Waals surface area (Å²) in [5.74, 6) is 1.09. The molecule has 0 amide bonds. The smallest absolute Gasteiger partial charge is 0.416 e. The van der Waals surface area contributed by atoms with E-state index in [-0.39, 0.29) is 0 Å². The lowest BCUT2D eigenvalue weighted by atomic mass is 9.97. The van der Waals surface area contributed by atoms with Gasteiger partial charge >= 0.3 is 6.18 Å². The van der Waals surface area contributed by atoms with Crippen molar-refractivity contribution in [3.63, 3.8) is 0 Å². The highest BCUT2D eigenvalue weighted by Gasteiger charge is 2.30. The maximum absolute atomic E-state index is 12.7. The van der Waals surface area contributed by atoms with Gasteiger partial charge in [-0.05, 0) is 53.8 Å². The first-order valence-corrected chi connectivity index (χ1v) is 9.26. The fourth-order valence-electron chi connectivity index (χ4n) is 2.93. The molecular formula is C22H23F3N2O. The summed E-state index contributed by atoms with van der Waals surface area (Å²) in [5.41, 5.74) is 2.69. The second-order valence-corrected chi connectivity index (χ2v) is 6.99. The molecular weight excluding hydrogens is 365 g/mol. The third kappa shape index (κ3) is 4.74. The molecule has 0 fully saturated rings. The number of hydrazone groups is 1. The molecule has 1 aliphatic rings. The predicted octanol–water partition coefficient (Wildman–Crippen LogP) is 5.94. The van der Waals surface area contributed by atoms with Crippen LogP contribution in [0.1, 0.15) is 43.4 Å². The Morgan fingerprint density at radius 2 is 1.82 bits per heavy atom. The molecule has 0 aromatic heterocycles. The maximum Gasteiger partial charge on any atom is 0.416 e. The van der Waals surface area contributed by atoms with E-state index in [0.29, 0.717) is 30.7 Å². The van der Waals surface area contributed by atoms with Crippen LogP contribution in [0.3, 0.4) is 0 Å². The van der Waals surface area contributed by atoms with E-state index in [2.05, 4.69) is 31.1 Å². The molecule has 3 rings (SSSR count). The number of benzene rings is 2. The minimum atomic E-state index is -4.37. The van der Waals surface area contributed by atoms with Crippen molar-refractivity contribution in [3.05, 3.63) is 71.3 Å². The minimum Gasteiger partial charge on any atom is -0.438 e. The number of hydrogen-bond acceptors (Lipinski definition) is 3. The van der Waals surface area contributed by atoms with E-state index in [4.69, 9.17) is 4.74 Å². The van der Waals surface area contributed by atoms with Crippen LogP contribution in [-0.2, 0) is 6.18 Å². The Kier molecular flexibility index (Phi) is 5.77. The topological polar surface area (TPSA) is 24.8 Å². The van der Waals surface area contributed by atoms with Gasteiger partial charge < -0.3 is 4.74 Å². The summed E-state index contributed by atoms with van der Waals surface area (Å²) in [6, 6.07) is 13.0. The molecule has 148 valence electrons. The van der Waals surface area contributed by atoms with E-state index in [1.165, 1.54) is 17.7 Å². The average Bonchev–Trinajstić information content (AvgIpc) is 2.67. The highest BCUT2D eigenvalue weighted by molar-refractivity contribution is 5.98. The van der Waals surface area contributed by atoms with Crippen LogP contribution in [0.5, 0.6) is 5.75 Å². The van der Waals surface area contributed by atoms with Crippen LogP contribution in [0.15, 0.2) is 59.7 Å². The van der Waals surface area contributed by atoms with E-state index in [1.807, 2.05) is 30.1 Å². The van der Waals surface area contributed by atoms with Crippen molar-refractivity contribution in [2.45, 2.75) is 32.9 Å². The lowest BCUT2D eigenvalue weighted by molar-refractivity contribution is -0.137. The Bertz CT molecular complexity index is 883. The van der Waals surface area contributed by atoms with E-state index >= 15 is 0 Å². The highest BCUT2D eigenvalue weighted by atomic mass is 19.4. The lowest BCUT2D eigenvalue weighted by Gasteiger charge is -2.25. The zero-order valence-electron chi connectivity index (χ0n) is 16.1. The fourth-order valence-corrected chi connectivity index (χ4v) is 2.93. The molecule has 0 spiro atoms. The Labute approximate surface area is 163 Å². The van der Waals surface area contributed by atoms with Gasteiger partial charge in [-0.1, -0.05) is 38.1 Å². The molecule has 0 unspecified atom stereocenters. The molecule has 0 aliphatic carbocycles. The average molecular weight is 388 g/mol. The molecule has 2 aromatic carbocycles. The third-order valence-corrected chi connectivity index (χ3v) is 4.58. The van der Waals surface area contributed by atoms with Crippen LogP contribution in [0, 0.1) is 0 Å². The predicted molar refractivity (Wildman–Crippen MR) is 105 cm³/mol. The first-order valence-electron chi connectivity index (χ1n) is 9.26. The van der Waals surface area contributed by atoms with Crippen LogP contribution in [0.2, 0.25) is 0 Å². The number of likely N-dealkylation sites (N-methyl/N-ethyl adjacent to an activating group) is 1. The van der Waals surface area contributed by atoms with Crippen molar-refractivity contribution >= 4 is 11.5 Å². The number of halogens is 3. The Hall–Kier alpha value is -2.76. The summed E-state index contributed by atoms with van der Waals surface area (Å²) in [6.07, 6.45) is -2.52. The molecule has 0 saturated heterocycles. The summed E-state index contributed by atoms with van der Waals surface area (Å²) in [4.78, 5) is 0. The number of alkyl halides is 3. The summed E-state index contributed by atoms with van der Waals surface area (Å²) in [5, 5.41) is 6.30. The normalized spacial score (nSPS) is 14.8. The standard InChI is InChI=1S/C22H23F3N2O/c1-4-27-14-18(17-7-5-6-16(12-17)15(2)3)13-21(26-27)28-20-10-8-19(9-11-20)22(23,24)25/h5-13,15H,4,14H2,1-3H3. The number of ether oxygens (including phenoxy) is 1. The second kappa shape index (κ2) is 8.09. The van der Waals surface area contributed by atoms with Gasteiger partial charge in [0, 0.05) is 12.6 Å². The molecule has 0 N–H and O–H groups in total. The molecule has 0 atom stereocenters. The second-order valence-electron chi connectivity index (χ2n) is 6.99. The molecule has 3 nitrogen and oxygen atoms in total. The molecule has 2 aromatic rings. The Morgan fingerprint density at radius 3 is 2.43 bits per heavy atom. The minimum absolute atomic E-state index is 0.316. The van der Waals surface area contributed by atoms with Gasteiger partial charge in [-0.2, -0.15) is 13.2 Å². The zero-order valence-corrected chi connectivity index (χ0v) is 16.1. The van der Waals surface area contributed by atoms with Gasteiger partial charge in [0.05, 0.1) is 12.1 Å². The van der Waals surface area contributed by atoms with Crippen molar-refractivity contribution < 1.29 is 17.9 Å². The molecule has 0 saturated carbocycles. The molecule has 0 bridgehead atoms. The van der Waals surface area contributed by atoms with Crippen molar-refractivity contribution in [3.8, 4) is 5.75 Å². The van der Waals surface area contributed by atoms with Crippen LogP contribution in [0.4, 0.5) is 13.2 Å². The van der Waals surface area contributed by atoms with Gasteiger partial charge in [0.2, 0.25) is 5.90 Å². The van der Waals surface area contributed by atoms with Crippen LogP contribution < -0.4 is 4.74 Å². The van der Waals surface area contributed by atoms with Crippen molar-refractivity contribution in [1.82, 2.24) is 5.01 Å². The summed E-state index contributed by atoms with van der Waals surface area (Å²) in [6.45, 7) is 7.63. The van der Waals surface area contributed by atoms with Crippen LogP contribution in [0.25, 0.3) is 5.57 Å². The monoisotopic (exact) mass is 388 g/mol. The Balaban J connectivity index is 1.85. The quantitative estimate of drug-likeness (QED) is 0.647. The summed E-state index contributed by atoms with van der Waals surface area (Å²) in [7, 11) is 0. The van der Waals surface area contributed by atoms with Crippen molar-refractivity contribution in [2.24, 2.45) is 5.10 Å². The van der Waals surface area contributed by atoms with Gasteiger partial charge in [0.1, 0.15) is 5.75 Å². The lowest BCUT2D eigenvalue weighted by Crippen LogP contribution is -2.27. The van der Waals surface area contributed by atoms with Gasteiger partial charge in [0.15, 0.2) is 0 Å². The highest BCUT2D eigenvalue weighted by Crippen LogP contribution is 2.30. The largest absolute Gasteiger partial charge is 0.438 e. The molecule has 6 heteroatoms. The van der Waals surface area contributed by atoms with Crippen molar-refractivity contribution in [1.29, 1.82) is 0 Å². The van der Waals surface area contributed by atoms with Gasteiger partial charge in [-0.15, -0.1) is 5.10 Å². The van der Waals surface area contributed by atoms with E-state index in [0.717, 1.165) is 23.3 Å². The first kappa shape index (κ1) is 20.0. The van der Waals surface area contributed by atoms with Crippen molar-refractivity contribution in [2.75, 3.05) is 13.1 Å². The number of rotatable bonds is 4. The van der Waals surface area contributed by atoms with Gasteiger partial charge in [-0.3, -0.25) is 5.01 Å². The summed E-state index contributed by atoms with van der Waals surface area (Å²) >= 11 is 0. The van der Waals surface area contributed by atoms with Gasteiger partial charge in [-0.25, -0.2) is 0 Å². The maximum atomic E-state index is 12.7. The molecule has 28 heavy (non-hydrogen) atoms. The van der Waals surface area contributed by atoms with Gasteiger partial charge in [0.25, 0.3) is 0 Å². The number of hydrogen-bond donors (Lipinski definition) is 0. The van der Waals surface area contributed by atoms with E-state index in [1.54, 1.807) is 0 Å². The third-order valence-electron chi connectivity index (χ3n) is 4.58. The molecule has 1 heterocycles.